The van der Waals surface area contributed by atoms with Crippen molar-refractivity contribution in [3.8, 4) is 0 Å². The normalized spacial score (nSPS) is 27.1. The van der Waals surface area contributed by atoms with E-state index in [1.807, 2.05) is 11.9 Å². The Balaban J connectivity index is 2.01. The molecule has 2 heterocycles. The zero-order valence-corrected chi connectivity index (χ0v) is 14.1. The maximum atomic E-state index is 12.2. The molecule has 2 aliphatic rings. The fourth-order valence-electron chi connectivity index (χ4n) is 3.31. The lowest BCUT2D eigenvalue weighted by Gasteiger charge is -2.48. The van der Waals surface area contributed by atoms with Crippen LogP contribution in [0.4, 0.5) is 4.79 Å². The average Bonchev–Trinajstić information content (AvgIpc) is 2.65. The van der Waals surface area contributed by atoms with Gasteiger partial charge in [0, 0.05) is 45.2 Å². The second-order valence-electron chi connectivity index (χ2n) is 6.60. The molecular weight excluding hydrogens is 282 g/mol. The maximum Gasteiger partial charge on any atom is 0.409 e. The van der Waals surface area contributed by atoms with E-state index < -0.39 is 0 Å². The number of carbonyl (C=O) groups is 2. The fourth-order valence-corrected chi connectivity index (χ4v) is 3.31. The van der Waals surface area contributed by atoms with Crippen LogP contribution >= 0.6 is 0 Å². The number of likely N-dealkylation sites (tertiary alicyclic amines) is 1. The molecule has 1 atom stereocenters. The molecule has 6 nitrogen and oxygen atoms in total. The van der Waals surface area contributed by atoms with Crippen LogP contribution in [0.2, 0.25) is 0 Å². The summed E-state index contributed by atoms with van der Waals surface area (Å²) in [6.07, 6.45) is 4.00. The lowest BCUT2D eigenvalue weighted by Crippen LogP contribution is -2.62. The van der Waals surface area contributed by atoms with Crippen molar-refractivity contribution in [2.45, 2.75) is 44.6 Å². The molecule has 1 spiro atoms. The highest BCUT2D eigenvalue weighted by Crippen LogP contribution is 2.32. The molecule has 6 heteroatoms. The van der Waals surface area contributed by atoms with E-state index in [-0.39, 0.29) is 17.5 Å². The van der Waals surface area contributed by atoms with E-state index >= 15 is 0 Å². The van der Waals surface area contributed by atoms with E-state index in [2.05, 4.69) is 18.9 Å². The summed E-state index contributed by atoms with van der Waals surface area (Å²) >= 11 is 0. The summed E-state index contributed by atoms with van der Waals surface area (Å²) in [5.74, 6) is 0.202. The van der Waals surface area contributed by atoms with Gasteiger partial charge in [-0.25, -0.2) is 4.79 Å². The van der Waals surface area contributed by atoms with Crippen molar-refractivity contribution in [2.24, 2.45) is 0 Å². The number of hydrogen-bond donors (Lipinski definition) is 0. The van der Waals surface area contributed by atoms with E-state index in [4.69, 9.17) is 4.74 Å². The molecule has 0 aliphatic carbocycles. The molecule has 126 valence electrons. The topological polar surface area (TPSA) is 53.1 Å². The van der Waals surface area contributed by atoms with Crippen molar-refractivity contribution < 1.29 is 14.3 Å². The Morgan fingerprint density at radius 1 is 1.23 bits per heavy atom. The quantitative estimate of drug-likeness (QED) is 0.742. The fraction of sp³-hybridized carbons (Fsp3) is 0.875. The van der Waals surface area contributed by atoms with Crippen molar-refractivity contribution in [2.75, 3.05) is 46.9 Å². The van der Waals surface area contributed by atoms with E-state index in [9.17, 15) is 9.59 Å². The minimum atomic E-state index is -0.204. The first-order valence-corrected chi connectivity index (χ1v) is 8.35. The number of amides is 2. The molecule has 2 rings (SSSR count). The number of hydrogen-bond acceptors (Lipinski definition) is 4. The molecule has 0 radical (unpaired) electrons. The molecular formula is C16H29N3O3. The van der Waals surface area contributed by atoms with Crippen LogP contribution in [-0.4, -0.2) is 79.1 Å². The standard InChI is InChI=1S/C16H29N3O3/c1-4-5-12-22-15(21)19-11-10-18(3)16(13-19)7-6-14(20)17(2)9-8-16/h4-13H2,1-3H3/t16-/m1/s1. The van der Waals surface area contributed by atoms with Gasteiger partial charge in [0.25, 0.3) is 0 Å². The Kier molecular flexibility index (Phi) is 5.67. The predicted octanol–water partition coefficient (Wildman–Crippen LogP) is 1.55. The molecule has 0 bridgehead atoms. The maximum absolute atomic E-state index is 12.2. The summed E-state index contributed by atoms with van der Waals surface area (Å²) < 4.78 is 5.36. The predicted molar refractivity (Wildman–Crippen MR) is 84.7 cm³/mol. The summed E-state index contributed by atoms with van der Waals surface area (Å²) in [4.78, 5) is 30.1. The SMILES string of the molecule is CCCCOC(=O)N1CCN(C)[C@@]2(CCC(=O)N(C)CC2)C1. The number of piperazine rings is 1. The van der Waals surface area contributed by atoms with Gasteiger partial charge in [-0.2, -0.15) is 0 Å². The molecule has 0 saturated carbocycles. The lowest BCUT2D eigenvalue weighted by atomic mass is 9.86. The summed E-state index contributed by atoms with van der Waals surface area (Å²) in [6.45, 7) is 5.53. The largest absolute Gasteiger partial charge is 0.449 e. The van der Waals surface area contributed by atoms with Gasteiger partial charge in [0.1, 0.15) is 0 Å². The molecule has 2 aliphatic heterocycles. The number of rotatable bonds is 3. The third-order valence-corrected chi connectivity index (χ3v) is 5.12. The molecule has 0 aromatic rings. The summed E-state index contributed by atoms with van der Waals surface area (Å²) in [5, 5.41) is 0. The van der Waals surface area contributed by atoms with Crippen LogP contribution in [0.15, 0.2) is 0 Å². The number of ether oxygens (including phenoxy) is 1. The molecule has 22 heavy (non-hydrogen) atoms. The van der Waals surface area contributed by atoms with Crippen LogP contribution in [0, 0.1) is 0 Å². The molecule has 2 amide bonds. The van der Waals surface area contributed by atoms with E-state index in [1.54, 1.807) is 4.90 Å². The highest BCUT2D eigenvalue weighted by Gasteiger charge is 2.43. The van der Waals surface area contributed by atoms with Gasteiger partial charge in [-0.3, -0.25) is 9.69 Å². The van der Waals surface area contributed by atoms with Gasteiger partial charge in [-0.05, 0) is 26.3 Å². The Bertz CT molecular complexity index is 415. The first-order valence-electron chi connectivity index (χ1n) is 8.35. The number of likely N-dealkylation sites (N-methyl/N-ethyl adjacent to an activating group) is 1. The Labute approximate surface area is 133 Å². The number of nitrogens with zero attached hydrogens (tertiary/aromatic N) is 3. The van der Waals surface area contributed by atoms with E-state index in [0.717, 1.165) is 38.8 Å². The summed E-state index contributed by atoms with van der Waals surface area (Å²) in [7, 11) is 3.97. The third kappa shape index (κ3) is 3.72. The van der Waals surface area contributed by atoms with Crippen LogP contribution in [-0.2, 0) is 9.53 Å². The van der Waals surface area contributed by atoms with Crippen LogP contribution < -0.4 is 0 Å². The van der Waals surface area contributed by atoms with Crippen molar-refractivity contribution in [1.29, 1.82) is 0 Å². The van der Waals surface area contributed by atoms with Crippen molar-refractivity contribution in [1.82, 2.24) is 14.7 Å². The van der Waals surface area contributed by atoms with E-state index in [1.165, 1.54) is 0 Å². The van der Waals surface area contributed by atoms with Gasteiger partial charge in [-0.15, -0.1) is 0 Å². The first kappa shape index (κ1) is 17.1. The number of carbonyl (C=O) groups excluding carboxylic acids is 2. The highest BCUT2D eigenvalue weighted by atomic mass is 16.6. The monoisotopic (exact) mass is 311 g/mol. The molecule has 0 aromatic heterocycles. The van der Waals surface area contributed by atoms with Crippen molar-refractivity contribution >= 4 is 12.0 Å². The summed E-state index contributed by atoms with van der Waals surface area (Å²) in [5.41, 5.74) is -0.0948. The second-order valence-corrected chi connectivity index (χ2v) is 6.60. The highest BCUT2D eigenvalue weighted by molar-refractivity contribution is 5.76. The molecule has 2 fully saturated rings. The second kappa shape index (κ2) is 7.31. The molecule has 0 unspecified atom stereocenters. The van der Waals surface area contributed by atoms with Crippen molar-refractivity contribution in [3.05, 3.63) is 0 Å². The Morgan fingerprint density at radius 3 is 2.73 bits per heavy atom. The van der Waals surface area contributed by atoms with Gasteiger partial charge in [0.15, 0.2) is 0 Å². The lowest BCUT2D eigenvalue weighted by molar-refractivity contribution is -0.129. The van der Waals surface area contributed by atoms with Gasteiger partial charge in [0.2, 0.25) is 5.91 Å². The van der Waals surface area contributed by atoms with E-state index in [0.29, 0.717) is 26.1 Å². The minimum Gasteiger partial charge on any atom is -0.449 e. The van der Waals surface area contributed by atoms with Crippen LogP contribution in [0.3, 0.4) is 0 Å². The van der Waals surface area contributed by atoms with Crippen molar-refractivity contribution in [3.63, 3.8) is 0 Å². The molecule has 0 aromatic carbocycles. The Hall–Kier alpha value is -1.30. The third-order valence-electron chi connectivity index (χ3n) is 5.12. The average molecular weight is 311 g/mol. The van der Waals surface area contributed by atoms with Gasteiger partial charge in [-0.1, -0.05) is 13.3 Å². The van der Waals surface area contributed by atoms with Crippen LogP contribution in [0.1, 0.15) is 39.0 Å². The van der Waals surface area contributed by atoms with Crippen LogP contribution in [0.25, 0.3) is 0 Å². The zero-order valence-electron chi connectivity index (χ0n) is 14.1. The minimum absolute atomic E-state index is 0.0948. The first-order chi connectivity index (χ1) is 10.5. The molecule has 0 N–H and O–H groups in total. The zero-order chi connectivity index (χ0) is 16.2. The Morgan fingerprint density at radius 2 is 2.00 bits per heavy atom. The van der Waals surface area contributed by atoms with Gasteiger partial charge < -0.3 is 14.5 Å². The van der Waals surface area contributed by atoms with Crippen LogP contribution in [0.5, 0.6) is 0 Å². The molecule has 2 saturated heterocycles. The number of unbranched alkanes of at least 4 members (excludes halogenated alkanes) is 1. The van der Waals surface area contributed by atoms with Gasteiger partial charge >= 0.3 is 6.09 Å². The van der Waals surface area contributed by atoms with Gasteiger partial charge in [0.05, 0.1) is 6.61 Å². The summed E-state index contributed by atoms with van der Waals surface area (Å²) in [6, 6.07) is 0. The smallest absolute Gasteiger partial charge is 0.409 e.